The summed E-state index contributed by atoms with van der Waals surface area (Å²) >= 11 is 0. The third-order valence-corrected chi connectivity index (χ3v) is 2.68. The van der Waals surface area contributed by atoms with Gasteiger partial charge in [-0.25, -0.2) is 9.67 Å². The van der Waals surface area contributed by atoms with Crippen LogP contribution in [0.2, 0.25) is 0 Å². The first-order valence-electron chi connectivity index (χ1n) is 5.71. The maximum atomic E-state index is 5.77. The monoisotopic (exact) mass is 234 g/mol. The summed E-state index contributed by atoms with van der Waals surface area (Å²) < 4.78 is 7.63. The molecular formula is C12H18N4O. The molecule has 1 N–H and O–H groups in total. The van der Waals surface area contributed by atoms with Crippen molar-refractivity contribution >= 4 is 0 Å². The first-order valence-corrected chi connectivity index (χ1v) is 5.71. The summed E-state index contributed by atoms with van der Waals surface area (Å²) in [4.78, 5) is 4.27. The molecule has 0 spiro atoms. The van der Waals surface area contributed by atoms with Crippen LogP contribution in [-0.4, -0.2) is 21.8 Å². The van der Waals surface area contributed by atoms with E-state index in [1.165, 1.54) is 5.56 Å². The van der Waals surface area contributed by atoms with Crippen LogP contribution in [0.3, 0.4) is 0 Å². The predicted octanol–water partition coefficient (Wildman–Crippen LogP) is 1.56. The van der Waals surface area contributed by atoms with Crippen LogP contribution < -0.4 is 5.32 Å². The number of furan rings is 1. The van der Waals surface area contributed by atoms with E-state index in [9.17, 15) is 0 Å². The van der Waals surface area contributed by atoms with Gasteiger partial charge in [-0.15, -0.1) is 0 Å². The van der Waals surface area contributed by atoms with Crippen LogP contribution in [-0.2, 0) is 13.1 Å². The van der Waals surface area contributed by atoms with Gasteiger partial charge in [-0.1, -0.05) is 0 Å². The second-order valence-corrected chi connectivity index (χ2v) is 4.21. The van der Waals surface area contributed by atoms with E-state index in [0.717, 1.165) is 29.7 Å². The van der Waals surface area contributed by atoms with Gasteiger partial charge in [0.05, 0.1) is 6.54 Å². The van der Waals surface area contributed by atoms with E-state index in [0.29, 0.717) is 6.54 Å². The molecule has 0 aliphatic rings. The van der Waals surface area contributed by atoms with Gasteiger partial charge < -0.3 is 9.73 Å². The third-order valence-electron chi connectivity index (χ3n) is 2.68. The molecule has 0 amide bonds. The molecule has 0 saturated carbocycles. The number of aromatic nitrogens is 3. The van der Waals surface area contributed by atoms with Gasteiger partial charge >= 0.3 is 0 Å². The van der Waals surface area contributed by atoms with Crippen LogP contribution in [0.25, 0.3) is 0 Å². The fourth-order valence-corrected chi connectivity index (χ4v) is 1.86. The standard InChI is InChI=1S/C12H18N4O/c1-8-5-11(17-12(8)6-13-4)7-16-10(3)14-9(2)15-16/h5,13H,6-7H2,1-4H3. The Balaban J connectivity index is 2.18. The maximum absolute atomic E-state index is 5.77. The fraction of sp³-hybridized carbons (Fsp3) is 0.500. The average molecular weight is 234 g/mol. The molecule has 5 heteroatoms. The number of nitrogens with zero attached hydrogens (tertiary/aromatic N) is 3. The Hall–Kier alpha value is -1.62. The summed E-state index contributed by atoms with van der Waals surface area (Å²) in [5.74, 6) is 3.60. The highest BCUT2D eigenvalue weighted by Gasteiger charge is 2.09. The fourth-order valence-electron chi connectivity index (χ4n) is 1.86. The molecule has 92 valence electrons. The average Bonchev–Trinajstić information content (AvgIpc) is 2.73. The van der Waals surface area contributed by atoms with Crippen molar-refractivity contribution < 1.29 is 4.42 Å². The molecular weight excluding hydrogens is 216 g/mol. The van der Waals surface area contributed by atoms with Crippen LogP contribution in [0.5, 0.6) is 0 Å². The lowest BCUT2D eigenvalue weighted by Gasteiger charge is -1.99. The Kier molecular flexibility index (Phi) is 3.28. The summed E-state index contributed by atoms with van der Waals surface area (Å²) in [6, 6.07) is 2.06. The number of hydrogen-bond acceptors (Lipinski definition) is 4. The molecule has 2 heterocycles. The zero-order chi connectivity index (χ0) is 12.4. The molecule has 2 aromatic rings. The minimum Gasteiger partial charge on any atom is -0.462 e. The minimum absolute atomic E-state index is 0.636. The van der Waals surface area contributed by atoms with E-state index in [4.69, 9.17) is 4.42 Å². The molecule has 0 saturated heterocycles. The molecule has 0 fully saturated rings. The van der Waals surface area contributed by atoms with E-state index < -0.39 is 0 Å². The van der Waals surface area contributed by atoms with Gasteiger partial charge in [0.25, 0.3) is 0 Å². The van der Waals surface area contributed by atoms with Crippen molar-refractivity contribution in [3.63, 3.8) is 0 Å². The zero-order valence-corrected chi connectivity index (χ0v) is 10.7. The van der Waals surface area contributed by atoms with Crippen LogP contribution in [0, 0.1) is 20.8 Å². The van der Waals surface area contributed by atoms with E-state index in [2.05, 4.69) is 28.4 Å². The van der Waals surface area contributed by atoms with Crippen molar-refractivity contribution in [3.8, 4) is 0 Å². The van der Waals surface area contributed by atoms with Crippen molar-refractivity contribution in [3.05, 3.63) is 34.8 Å². The smallest absolute Gasteiger partial charge is 0.147 e. The highest BCUT2D eigenvalue weighted by molar-refractivity contribution is 5.20. The maximum Gasteiger partial charge on any atom is 0.147 e. The van der Waals surface area contributed by atoms with E-state index >= 15 is 0 Å². The number of aryl methyl sites for hydroxylation is 3. The van der Waals surface area contributed by atoms with Crippen molar-refractivity contribution in [2.45, 2.75) is 33.9 Å². The number of rotatable bonds is 4. The molecule has 5 nitrogen and oxygen atoms in total. The van der Waals surface area contributed by atoms with Crippen LogP contribution >= 0.6 is 0 Å². The van der Waals surface area contributed by atoms with Crippen molar-refractivity contribution in [2.24, 2.45) is 0 Å². The summed E-state index contributed by atoms with van der Waals surface area (Å²) in [5, 5.41) is 7.41. The first kappa shape index (κ1) is 11.9. The first-order chi connectivity index (χ1) is 8.10. The topological polar surface area (TPSA) is 55.9 Å². The Morgan fingerprint density at radius 1 is 1.35 bits per heavy atom. The lowest BCUT2D eigenvalue weighted by Crippen LogP contribution is -2.05. The Labute approximate surface area is 101 Å². The lowest BCUT2D eigenvalue weighted by molar-refractivity contribution is 0.432. The van der Waals surface area contributed by atoms with Crippen LogP contribution in [0.4, 0.5) is 0 Å². The Morgan fingerprint density at radius 2 is 2.12 bits per heavy atom. The quantitative estimate of drug-likeness (QED) is 0.872. The molecule has 2 aromatic heterocycles. The summed E-state index contributed by atoms with van der Waals surface area (Å²) in [6.45, 7) is 7.28. The summed E-state index contributed by atoms with van der Waals surface area (Å²) in [6.07, 6.45) is 0. The highest BCUT2D eigenvalue weighted by Crippen LogP contribution is 2.15. The van der Waals surface area contributed by atoms with Crippen LogP contribution in [0.15, 0.2) is 10.5 Å². The third kappa shape index (κ3) is 2.55. The largest absolute Gasteiger partial charge is 0.462 e. The minimum atomic E-state index is 0.636. The van der Waals surface area contributed by atoms with Crippen molar-refractivity contribution in [1.82, 2.24) is 20.1 Å². The Bertz CT molecular complexity index is 513. The van der Waals surface area contributed by atoms with E-state index in [1.54, 1.807) is 0 Å². The molecule has 17 heavy (non-hydrogen) atoms. The van der Waals surface area contributed by atoms with E-state index in [-0.39, 0.29) is 0 Å². The zero-order valence-electron chi connectivity index (χ0n) is 10.7. The molecule has 0 unspecified atom stereocenters. The molecule has 0 atom stereocenters. The summed E-state index contributed by atoms with van der Waals surface area (Å²) in [5.41, 5.74) is 1.17. The van der Waals surface area contributed by atoms with Crippen molar-refractivity contribution in [2.75, 3.05) is 7.05 Å². The van der Waals surface area contributed by atoms with Gasteiger partial charge in [-0.05, 0) is 39.4 Å². The van der Waals surface area contributed by atoms with Crippen LogP contribution in [0.1, 0.15) is 28.7 Å². The predicted molar refractivity (Wildman–Crippen MR) is 64.8 cm³/mol. The van der Waals surface area contributed by atoms with Crippen molar-refractivity contribution in [1.29, 1.82) is 0 Å². The van der Waals surface area contributed by atoms with Gasteiger partial charge in [0, 0.05) is 0 Å². The second-order valence-electron chi connectivity index (χ2n) is 4.21. The summed E-state index contributed by atoms with van der Waals surface area (Å²) in [7, 11) is 1.91. The molecule has 0 aliphatic carbocycles. The molecule has 0 aromatic carbocycles. The van der Waals surface area contributed by atoms with Gasteiger partial charge in [0.2, 0.25) is 0 Å². The second kappa shape index (κ2) is 4.71. The Morgan fingerprint density at radius 3 is 2.71 bits per heavy atom. The molecule has 2 rings (SSSR count). The van der Waals surface area contributed by atoms with E-state index in [1.807, 2.05) is 25.6 Å². The molecule has 0 bridgehead atoms. The number of hydrogen-bond donors (Lipinski definition) is 1. The van der Waals surface area contributed by atoms with Gasteiger partial charge in [0.15, 0.2) is 0 Å². The number of nitrogens with one attached hydrogen (secondary N) is 1. The molecule has 0 radical (unpaired) electrons. The lowest BCUT2D eigenvalue weighted by atomic mass is 10.2. The normalized spacial score (nSPS) is 11.1. The van der Waals surface area contributed by atoms with Gasteiger partial charge in [-0.2, -0.15) is 5.10 Å². The molecule has 0 aliphatic heterocycles. The van der Waals surface area contributed by atoms with Gasteiger partial charge in [-0.3, -0.25) is 0 Å². The SMILES string of the molecule is CNCc1oc(Cn2nc(C)nc2C)cc1C. The highest BCUT2D eigenvalue weighted by atomic mass is 16.3. The van der Waals surface area contributed by atoms with Gasteiger partial charge in [0.1, 0.15) is 29.7 Å².